The van der Waals surface area contributed by atoms with E-state index in [1.54, 1.807) is 0 Å². The normalized spacial score (nSPS) is 11.0. The molecule has 1 aromatic carbocycles. The lowest BCUT2D eigenvalue weighted by Gasteiger charge is -2.11. The maximum absolute atomic E-state index is 10.7. The molecule has 2 heteroatoms. The van der Waals surface area contributed by atoms with Crippen molar-refractivity contribution in [3.63, 3.8) is 0 Å². The summed E-state index contributed by atoms with van der Waals surface area (Å²) in [6, 6.07) is 2.19. The van der Waals surface area contributed by atoms with E-state index in [1.807, 2.05) is 12.2 Å². The van der Waals surface area contributed by atoms with Gasteiger partial charge in [0.15, 0.2) is 0 Å². The lowest BCUT2D eigenvalue weighted by Crippen LogP contribution is -2.08. The van der Waals surface area contributed by atoms with Gasteiger partial charge < -0.3 is 5.73 Å². The Labute approximate surface area is 97.2 Å². The molecule has 0 saturated heterocycles. The Bertz CT molecular complexity index is 418. The molecule has 0 radical (unpaired) electrons. The maximum Gasteiger partial charge on any atom is 0.221 e. The lowest BCUT2D eigenvalue weighted by molar-refractivity contribution is -0.117. The van der Waals surface area contributed by atoms with Gasteiger partial charge in [-0.3, -0.25) is 4.79 Å². The third kappa shape index (κ3) is 2.72. The minimum atomic E-state index is -0.295. The Morgan fingerprint density at radius 2 is 1.69 bits per heavy atom. The molecule has 0 saturated carbocycles. The van der Waals surface area contributed by atoms with Crippen molar-refractivity contribution in [2.75, 3.05) is 0 Å². The fraction of sp³-hybridized carbons (Fsp3) is 0.357. The second kappa shape index (κ2) is 4.97. The molecule has 1 rings (SSSR count). The molecule has 86 valence electrons. The van der Waals surface area contributed by atoms with Gasteiger partial charge in [0.1, 0.15) is 0 Å². The second-order valence-electron chi connectivity index (χ2n) is 4.25. The second-order valence-corrected chi connectivity index (χ2v) is 4.25. The van der Waals surface area contributed by atoms with Crippen LogP contribution in [0.15, 0.2) is 12.1 Å². The third-order valence-corrected chi connectivity index (χ3v) is 3.03. The van der Waals surface area contributed by atoms with Crippen LogP contribution in [0.3, 0.4) is 0 Å². The van der Waals surface area contributed by atoms with E-state index in [9.17, 15) is 4.79 Å². The number of hydrogen-bond acceptors (Lipinski definition) is 1. The van der Waals surface area contributed by atoms with E-state index in [4.69, 9.17) is 5.73 Å². The summed E-state index contributed by atoms with van der Waals surface area (Å²) in [5, 5.41) is 0. The summed E-state index contributed by atoms with van der Waals surface area (Å²) in [6.07, 6.45) is 4.12. The molecular formula is C14H19NO. The van der Waals surface area contributed by atoms with Gasteiger partial charge in [-0.05, 0) is 55.5 Å². The number of benzene rings is 1. The Morgan fingerprint density at radius 1 is 1.19 bits per heavy atom. The summed E-state index contributed by atoms with van der Waals surface area (Å²) >= 11 is 0. The number of carbonyl (C=O) groups excluding carboxylic acids is 1. The van der Waals surface area contributed by atoms with E-state index >= 15 is 0 Å². The summed E-state index contributed by atoms with van der Waals surface area (Å²) in [6.45, 7) is 8.41. The zero-order valence-corrected chi connectivity index (χ0v) is 10.4. The molecular weight excluding hydrogens is 198 g/mol. The van der Waals surface area contributed by atoms with Gasteiger partial charge in [-0.25, -0.2) is 0 Å². The number of hydrogen-bond donors (Lipinski definition) is 1. The molecule has 2 nitrogen and oxygen atoms in total. The van der Waals surface area contributed by atoms with E-state index < -0.39 is 0 Å². The van der Waals surface area contributed by atoms with E-state index in [0.717, 1.165) is 0 Å². The van der Waals surface area contributed by atoms with Crippen LogP contribution in [0.25, 0.3) is 6.08 Å². The molecule has 2 N–H and O–H groups in total. The van der Waals surface area contributed by atoms with Gasteiger partial charge in [-0.2, -0.15) is 0 Å². The van der Waals surface area contributed by atoms with Crippen molar-refractivity contribution in [1.29, 1.82) is 0 Å². The van der Waals surface area contributed by atoms with E-state index in [-0.39, 0.29) is 5.91 Å². The average molecular weight is 217 g/mol. The van der Waals surface area contributed by atoms with Crippen LogP contribution in [0.5, 0.6) is 0 Å². The number of aryl methyl sites for hydroxylation is 2. The van der Waals surface area contributed by atoms with Crippen molar-refractivity contribution in [1.82, 2.24) is 0 Å². The molecule has 1 aromatic rings. The van der Waals surface area contributed by atoms with Crippen molar-refractivity contribution < 1.29 is 4.79 Å². The standard InChI is InChI=1S/C14H19NO/c1-9-8-10(2)12(4)13(11(9)3)6-5-7-14(15)16/h5-6,8H,7H2,1-4H3,(H2,15,16). The predicted octanol–water partition coefficient (Wildman–Crippen LogP) is 2.81. The Morgan fingerprint density at radius 3 is 2.12 bits per heavy atom. The number of amides is 1. The monoisotopic (exact) mass is 217 g/mol. The van der Waals surface area contributed by atoms with Crippen LogP contribution in [0.2, 0.25) is 0 Å². The molecule has 0 heterocycles. The first-order valence-corrected chi connectivity index (χ1v) is 5.45. The summed E-state index contributed by atoms with van der Waals surface area (Å²) in [7, 11) is 0. The number of carbonyl (C=O) groups is 1. The molecule has 0 fully saturated rings. The zero-order chi connectivity index (χ0) is 12.3. The van der Waals surface area contributed by atoms with Crippen LogP contribution in [-0.2, 0) is 4.79 Å². The predicted molar refractivity (Wildman–Crippen MR) is 68.2 cm³/mol. The highest BCUT2D eigenvalue weighted by molar-refractivity contribution is 5.77. The van der Waals surface area contributed by atoms with Crippen LogP contribution in [0.1, 0.15) is 34.2 Å². The van der Waals surface area contributed by atoms with Crippen molar-refractivity contribution >= 4 is 12.0 Å². The van der Waals surface area contributed by atoms with Crippen LogP contribution in [-0.4, -0.2) is 5.91 Å². The summed E-state index contributed by atoms with van der Waals surface area (Å²) in [4.78, 5) is 10.7. The quantitative estimate of drug-likeness (QED) is 0.831. The molecule has 0 aliphatic heterocycles. The van der Waals surface area contributed by atoms with Crippen molar-refractivity contribution in [2.45, 2.75) is 34.1 Å². The number of rotatable bonds is 3. The molecule has 0 aliphatic carbocycles. The molecule has 16 heavy (non-hydrogen) atoms. The van der Waals surface area contributed by atoms with Crippen LogP contribution < -0.4 is 5.73 Å². The highest BCUT2D eigenvalue weighted by Crippen LogP contribution is 2.22. The maximum atomic E-state index is 10.7. The van der Waals surface area contributed by atoms with Gasteiger partial charge in [0, 0.05) is 6.42 Å². The van der Waals surface area contributed by atoms with Crippen molar-refractivity contribution in [2.24, 2.45) is 5.73 Å². The summed E-state index contributed by atoms with van der Waals surface area (Å²) in [5.41, 5.74) is 11.4. The van der Waals surface area contributed by atoms with E-state index in [0.29, 0.717) is 6.42 Å². The topological polar surface area (TPSA) is 43.1 Å². The molecule has 1 amide bonds. The highest BCUT2D eigenvalue weighted by Gasteiger charge is 2.05. The third-order valence-electron chi connectivity index (χ3n) is 3.03. The number of nitrogens with two attached hydrogens (primary N) is 1. The van der Waals surface area contributed by atoms with Gasteiger partial charge in [0.25, 0.3) is 0 Å². The van der Waals surface area contributed by atoms with E-state index in [2.05, 4.69) is 33.8 Å². The smallest absolute Gasteiger partial charge is 0.221 e. The van der Waals surface area contributed by atoms with Crippen LogP contribution >= 0.6 is 0 Å². The Hall–Kier alpha value is -1.57. The molecule has 0 bridgehead atoms. The van der Waals surface area contributed by atoms with Crippen molar-refractivity contribution in [3.8, 4) is 0 Å². The highest BCUT2D eigenvalue weighted by atomic mass is 16.1. The SMILES string of the molecule is Cc1cc(C)c(C)c(C=CCC(N)=O)c1C. The summed E-state index contributed by atoms with van der Waals surface area (Å²) < 4.78 is 0. The van der Waals surface area contributed by atoms with Crippen LogP contribution in [0, 0.1) is 27.7 Å². The first kappa shape index (κ1) is 12.5. The number of primary amides is 1. The zero-order valence-electron chi connectivity index (χ0n) is 10.4. The van der Waals surface area contributed by atoms with Crippen LogP contribution in [0.4, 0.5) is 0 Å². The van der Waals surface area contributed by atoms with E-state index in [1.165, 1.54) is 27.8 Å². The fourth-order valence-corrected chi connectivity index (χ4v) is 1.79. The molecule has 0 aliphatic rings. The fourth-order valence-electron chi connectivity index (χ4n) is 1.79. The van der Waals surface area contributed by atoms with Gasteiger partial charge >= 0.3 is 0 Å². The van der Waals surface area contributed by atoms with Gasteiger partial charge in [0.05, 0.1) is 0 Å². The first-order chi connectivity index (χ1) is 7.43. The van der Waals surface area contributed by atoms with Gasteiger partial charge in [-0.1, -0.05) is 18.2 Å². The lowest BCUT2D eigenvalue weighted by atomic mass is 9.94. The Kier molecular flexibility index (Phi) is 3.88. The molecule has 0 aromatic heterocycles. The first-order valence-electron chi connectivity index (χ1n) is 5.45. The Balaban J connectivity index is 3.12. The summed E-state index contributed by atoms with van der Waals surface area (Å²) in [5.74, 6) is -0.295. The minimum Gasteiger partial charge on any atom is -0.369 e. The van der Waals surface area contributed by atoms with Gasteiger partial charge in [0.2, 0.25) is 5.91 Å². The molecule has 0 unspecified atom stereocenters. The minimum absolute atomic E-state index is 0.295. The average Bonchev–Trinajstić information content (AvgIpc) is 2.20. The molecule has 0 spiro atoms. The molecule has 0 atom stereocenters. The largest absolute Gasteiger partial charge is 0.369 e. The van der Waals surface area contributed by atoms with Crippen molar-refractivity contribution in [3.05, 3.63) is 40.0 Å². The van der Waals surface area contributed by atoms with Gasteiger partial charge in [-0.15, -0.1) is 0 Å².